The fourth-order valence-corrected chi connectivity index (χ4v) is 3.24. The lowest BCUT2D eigenvalue weighted by atomic mass is 9.75. The van der Waals surface area contributed by atoms with Crippen LogP contribution in [0.3, 0.4) is 0 Å². The first-order valence-electron chi connectivity index (χ1n) is 7.38. The summed E-state index contributed by atoms with van der Waals surface area (Å²) < 4.78 is 20.4. The minimum atomic E-state index is -0.102. The number of nitrogens with one attached hydrogen (secondary N) is 1. The van der Waals surface area contributed by atoms with E-state index in [2.05, 4.69) is 28.2 Å². The average Bonchev–Trinajstić information content (AvgIpc) is 2.44. The highest BCUT2D eigenvalue weighted by Gasteiger charge is 2.33. The van der Waals surface area contributed by atoms with Gasteiger partial charge in [-0.2, -0.15) is 0 Å². The second-order valence-corrected chi connectivity index (χ2v) is 6.62. The summed E-state index contributed by atoms with van der Waals surface area (Å²) in [7, 11) is 0. The summed E-state index contributed by atoms with van der Waals surface area (Å²) in [5.41, 5.74) is 0.925. The van der Waals surface area contributed by atoms with Gasteiger partial charge in [0.25, 0.3) is 0 Å². The SMILES string of the molecule is CCCNCC1(Cc2cc(Br)ccc2F)CCOCC1. The van der Waals surface area contributed by atoms with Gasteiger partial charge >= 0.3 is 0 Å². The molecular formula is C16H23BrFNO. The van der Waals surface area contributed by atoms with E-state index in [0.717, 1.165) is 62.0 Å². The summed E-state index contributed by atoms with van der Waals surface area (Å²) in [5, 5.41) is 3.51. The van der Waals surface area contributed by atoms with Crippen molar-refractivity contribution in [1.29, 1.82) is 0 Å². The molecule has 1 heterocycles. The zero-order valence-corrected chi connectivity index (χ0v) is 13.6. The van der Waals surface area contributed by atoms with Gasteiger partial charge in [-0.15, -0.1) is 0 Å². The number of rotatable bonds is 6. The Kier molecular flexibility index (Phi) is 6.00. The van der Waals surface area contributed by atoms with E-state index in [1.165, 1.54) is 0 Å². The Balaban J connectivity index is 2.12. The number of ether oxygens (including phenoxy) is 1. The lowest BCUT2D eigenvalue weighted by Gasteiger charge is -2.38. The van der Waals surface area contributed by atoms with Crippen molar-refractivity contribution >= 4 is 15.9 Å². The Bertz CT molecular complexity index is 432. The number of benzene rings is 1. The van der Waals surface area contributed by atoms with E-state index in [-0.39, 0.29) is 11.2 Å². The van der Waals surface area contributed by atoms with E-state index in [4.69, 9.17) is 4.74 Å². The second kappa shape index (κ2) is 7.53. The van der Waals surface area contributed by atoms with Crippen LogP contribution in [0.15, 0.2) is 22.7 Å². The molecule has 0 bridgehead atoms. The molecule has 20 heavy (non-hydrogen) atoms. The summed E-state index contributed by atoms with van der Waals surface area (Å²) in [5.74, 6) is -0.102. The molecule has 0 unspecified atom stereocenters. The number of hydrogen-bond donors (Lipinski definition) is 1. The molecule has 4 heteroatoms. The van der Waals surface area contributed by atoms with E-state index in [0.29, 0.717) is 0 Å². The molecule has 0 radical (unpaired) electrons. The predicted molar refractivity (Wildman–Crippen MR) is 83.5 cm³/mol. The molecule has 112 valence electrons. The van der Waals surface area contributed by atoms with E-state index in [9.17, 15) is 4.39 Å². The van der Waals surface area contributed by atoms with Gasteiger partial charge in [-0.3, -0.25) is 0 Å². The van der Waals surface area contributed by atoms with Crippen molar-refractivity contribution in [3.05, 3.63) is 34.1 Å². The van der Waals surface area contributed by atoms with Crippen LogP contribution in [-0.2, 0) is 11.2 Å². The lowest BCUT2D eigenvalue weighted by molar-refractivity contribution is 0.0146. The summed E-state index contributed by atoms with van der Waals surface area (Å²) in [6.07, 6.45) is 3.89. The van der Waals surface area contributed by atoms with Crippen LogP contribution in [0.5, 0.6) is 0 Å². The highest BCUT2D eigenvalue weighted by Crippen LogP contribution is 2.35. The maximum atomic E-state index is 14.0. The molecule has 0 amide bonds. The molecule has 2 nitrogen and oxygen atoms in total. The van der Waals surface area contributed by atoms with Gasteiger partial charge in [0.05, 0.1) is 0 Å². The van der Waals surface area contributed by atoms with E-state index in [1.807, 2.05) is 6.07 Å². The minimum absolute atomic E-state index is 0.102. The fraction of sp³-hybridized carbons (Fsp3) is 0.625. The van der Waals surface area contributed by atoms with Crippen molar-refractivity contribution in [2.45, 2.75) is 32.6 Å². The second-order valence-electron chi connectivity index (χ2n) is 5.70. The molecule has 0 aliphatic carbocycles. The summed E-state index contributed by atoms with van der Waals surface area (Å²) in [4.78, 5) is 0. The summed E-state index contributed by atoms with van der Waals surface area (Å²) in [6.45, 7) is 5.68. The molecule has 0 atom stereocenters. The zero-order valence-electron chi connectivity index (χ0n) is 12.1. The fourth-order valence-electron chi connectivity index (χ4n) is 2.83. The third-order valence-electron chi connectivity index (χ3n) is 4.05. The monoisotopic (exact) mass is 343 g/mol. The maximum Gasteiger partial charge on any atom is 0.126 e. The molecule has 1 aliphatic rings. The van der Waals surface area contributed by atoms with Crippen molar-refractivity contribution in [2.75, 3.05) is 26.3 Å². The van der Waals surface area contributed by atoms with Gasteiger partial charge in [0, 0.05) is 24.2 Å². The first-order valence-corrected chi connectivity index (χ1v) is 8.17. The van der Waals surface area contributed by atoms with Gasteiger partial charge in [-0.1, -0.05) is 22.9 Å². The van der Waals surface area contributed by atoms with Crippen LogP contribution in [-0.4, -0.2) is 26.3 Å². The summed E-state index contributed by atoms with van der Waals surface area (Å²) in [6, 6.07) is 5.21. The van der Waals surface area contributed by atoms with E-state index in [1.54, 1.807) is 12.1 Å². The third-order valence-corrected chi connectivity index (χ3v) is 4.55. The molecule has 1 aliphatic heterocycles. The molecule has 1 aromatic rings. The van der Waals surface area contributed by atoms with Gasteiger partial charge in [0.1, 0.15) is 5.82 Å². The first kappa shape index (κ1) is 15.9. The van der Waals surface area contributed by atoms with Gasteiger partial charge in [0.2, 0.25) is 0 Å². The van der Waals surface area contributed by atoms with Crippen LogP contribution in [0.4, 0.5) is 4.39 Å². The predicted octanol–water partition coefficient (Wildman–Crippen LogP) is 3.93. The van der Waals surface area contributed by atoms with Crippen molar-refractivity contribution in [3.8, 4) is 0 Å². The van der Waals surface area contributed by atoms with Crippen molar-refractivity contribution in [3.63, 3.8) is 0 Å². The topological polar surface area (TPSA) is 21.3 Å². The Morgan fingerprint density at radius 3 is 2.80 bits per heavy atom. The molecule has 0 spiro atoms. The average molecular weight is 344 g/mol. The van der Waals surface area contributed by atoms with Gasteiger partial charge < -0.3 is 10.1 Å². The van der Waals surface area contributed by atoms with Crippen LogP contribution in [0, 0.1) is 11.2 Å². The number of halogens is 2. The number of hydrogen-bond acceptors (Lipinski definition) is 2. The third kappa shape index (κ3) is 4.27. The smallest absolute Gasteiger partial charge is 0.126 e. The highest BCUT2D eigenvalue weighted by molar-refractivity contribution is 9.10. The van der Waals surface area contributed by atoms with Crippen molar-refractivity contribution < 1.29 is 9.13 Å². The Labute approximate surface area is 129 Å². The van der Waals surface area contributed by atoms with Crippen LogP contribution in [0.2, 0.25) is 0 Å². The highest BCUT2D eigenvalue weighted by atomic mass is 79.9. The van der Waals surface area contributed by atoms with E-state index < -0.39 is 0 Å². The van der Waals surface area contributed by atoms with Crippen LogP contribution in [0.25, 0.3) is 0 Å². The molecule has 0 saturated carbocycles. The normalized spacial score (nSPS) is 18.1. The standard InChI is InChI=1S/C16H23BrFNO/c1-2-7-19-12-16(5-8-20-9-6-16)11-13-10-14(17)3-4-15(13)18/h3-4,10,19H,2,5-9,11-12H2,1H3. The van der Waals surface area contributed by atoms with Crippen molar-refractivity contribution in [2.24, 2.45) is 5.41 Å². The lowest BCUT2D eigenvalue weighted by Crippen LogP contribution is -2.41. The molecule has 1 saturated heterocycles. The van der Waals surface area contributed by atoms with Gasteiger partial charge in [-0.05, 0) is 61.4 Å². The molecular weight excluding hydrogens is 321 g/mol. The zero-order chi connectivity index (χ0) is 14.4. The quantitative estimate of drug-likeness (QED) is 0.790. The largest absolute Gasteiger partial charge is 0.381 e. The molecule has 0 aromatic heterocycles. The Morgan fingerprint density at radius 2 is 2.10 bits per heavy atom. The van der Waals surface area contributed by atoms with Crippen LogP contribution in [0.1, 0.15) is 31.7 Å². The van der Waals surface area contributed by atoms with Crippen molar-refractivity contribution in [1.82, 2.24) is 5.32 Å². The molecule has 1 fully saturated rings. The van der Waals surface area contributed by atoms with E-state index >= 15 is 0 Å². The molecule has 2 rings (SSSR count). The van der Waals surface area contributed by atoms with Crippen LogP contribution >= 0.6 is 15.9 Å². The van der Waals surface area contributed by atoms with Gasteiger partial charge in [0.15, 0.2) is 0 Å². The minimum Gasteiger partial charge on any atom is -0.381 e. The van der Waals surface area contributed by atoms with Crippen LogP contribution < -0.4 is 5.32 Å². The summed E-state index contributed by atoms with van der Waals surface area (Å²) >= 11 is 3.44. The Hall–Kier alpha value is -0.450. The van der Waals surface area contributed by atoms with Gasteiger partial charge in [-0.25, -0.2) is 4.39 Å². The molecule has 1 N–H and O–H groups in total. The maximum absolute atomic E-state index is 14.0. The molecule has 1 aromatic carbocycles. The Morgan fingerprint density at radius 1 is 1.35 bits per heavy atom. The first-order chi connectivity index (χ1) is 9.65.